The van der Waals surface area contributed by atoms with Crippen LogP contribution in [0.2, 0.25) is 0 Å². The van der Waals surface area contributed by atoms with Crippen LogP contribution in [0.4, 0.5) is 0 Å². The summed E-state index contributed by atoms with van der Waals surface area (Å²) in [6, 6.07) is 6.77. The Kier molecular flexibility index (Phi) is 42.2. The first kappa shape index (κ1) is 101. The number of carboxylic acids is 1. The number of amides is 10. The van der Waals surface area contributed by atoms with Crippen molar-refractivity contribution in [2.24, 2.45) is 34.0 Å². The molecular formula is C81H123LuN18O21+3. The fourth-order valence-corrected chi connectivity index (χ4v) is 14.5. The van der Waals surface area contributed by atoms with Crippen LogP contribution >= 0.6 is 0 Å². The first-order valence-electron chi connectivity index (χ1n) is 40.3. The van der Waals surface area contributed by atoms with Gasteiger partial charge in [-0.15, -0.1) is 0 Å². The number of carbonyl (C=O) groups is 14. The molecule has 40 heteroatoms. The number of aromatic hydroxyl groups is 1. The van der Waals surface area contributed by atoms with Gasteiger partial charge in [0.25, 0.3) is 12.4 Å². The number of carbonyl (C=O) groups excluding carboxylic acids is 13. The number of aliphatic hydroxyl groups is 2. The van der Waals surface area contributed by atoms with Crippen molar-refractivity contribution in [1.82, 2.24) is 57.7 Å². The molecule has 3 aromatic carbocycles. The number of aromatic nitrogens is 1. The summed E-state index contributed by atoms with van der Waals surface area (Å²) in [5.74, 6) is -13.1. The zero-order chi connectivity index (χ0) is 88.3. The Morgan fingerprint density at radius 2 is 1.01 bits per heavy atom. The van der Waals surface area contributed by atoms with Crippen LogP contribution in [0.1, 0.15) is 94.7 Å². The summed E-state index contributed by atoms with van der Waals surface area (Å²) < 4.78 is 15.5. The molecule has 1 aliphatic heterocycles. The third kappa shape index (κ3) is 34.7. The van der Waals surface area contributed by atoms with Gasteiger partial charge in [0.05, 0.1) is 81.2 Å². The average molecular weight is 1860 g/mol. The summed E-state index contributed by atoms with van der Waals surface area (Å²) >= 11 is 0. The fraction of sp³-hybridized carbons (Fsp3) is 0.568. The number of phenolic OH excluding ortho intramolecular Hbond substituents is 1. The zero-order valence-corrected chi connectivity index (χ0v) is 71.4. The molecule has 0 bridgehead atoms. The van der Waals surface area contributed by atoms with Crippen molar-refractivity contribution in [2.75, 3.05) is 134 Å². The van der Waals surface area contributed by atoms with Gasteiger partial charge in [-0.1, -0.05) is 107 Å². The molecule has 10 amide bonds. The quantitative estimate of drug-likeness (QED) is 0.00387. The summed E-state index contributed by atoms with van der Waals surface area (Å²) in [4.78, 5) is 204. The Morgan fingerprint density at radius 1 is 0.554 bits per heavy atom. The zero-order valence-electron chi connectivity index (χ0n) is 69.8. The predicted molar refractivity (Wildman–Crippen MR) is 437 cm³/mol. The number of fused-ring (bicyclic) bond motifs is 1. The number of aliphatic hydroxyl groups excluding tert-OH is 2. The van der Waals surface area contributed by atoms with Crippen LogP contribution in [-0.2, 0) is 101 Å². The van der Waals surface area contributed by atoms with Crippen LogP contribution < -0.4 is 65.1 Å². The van der Waals surface area contributed by atoms with E-state index in [9.17, 15) is 82.8 Å². The molecular weight excluding hydrogens is 1740 g/mol. The Hall–Kier alpha value is -10.2. The number of aliphatic imine (C=N–C) groups is 1. The average Bonchev–Trinajstić information content (AvgIpc) is 1.81. The third-order valence-electron chi connectivity index (χ3n) is 21.8. The standard InChI is InChI=1S/C81H120N18O21.Lu/c1-51(2)37-60(74(111)93-64(78(115)94-66(47-100)72(82)109)41-55-43-86-58-22-15-14-21-57(55)58)89-75(112)63(40-54-24-26-56(103)27-25-54)90-73(110)59(23-16-28-85-81(83)84)88-80(117)67(48-101)95-77(114)62(39-53-19-12-9-13-20-53)91-76(113)61(38-52-17-10-8-11-18-52)92-79(116)65(42-69(105)106)87-68(104)44-99(5)35-33-97(3,45-70(107)118-6)31-29-96(49-120-50-102)30-32-98(4,34-36-99)46-71(108)119-7;/h9,12-15,19-22,24-27,43,50-52,59-67,86,100-101H,8,10-11,16-18,23,28-42,44-49H2,1-7H3,(H14-3,82,83,84,85,87,88,89,90,91,92,93,94,95,103,104,105,106,109,110,111,112,113,114,115,116,117);/p+3/t59?,60-,61-,62?,63-,64-,65-,66-,67?,97?,98?,99?;/m0./s1/i;1+2. The van der Waals surface area contributed by atoms with E-state index in [1.54, 1.807) is 81.7 Å². The van der Waals surface area contributed by atoms with Gasteiger partial charge in [0.15, 0.2) is 25.6 Å². The molecule has 2 aliphatic rings. The Labute approximate surface area is 732 Å². The maximum absolute atomic E-state index is 15.1. The van der Waals surface area contributed by atoms with E-state index in [2.05, 4.69) is 57.8 Å². The molecule has 1 saturated carbocycles. The van der Waals surface area contributed by atoms with Crippen molar-refractivity contribution in [1.29, 1.82) is 0 Å². The van der Waals surface area contributed by atoms with Crippen molar-refractivity contribution in [2.45, 2.75) is 152 Å². The number of ether oxygens (including phenoxy) is 3. The number of nitrogens with two attached hydrogens (primary N) is 3. The van der Waals surface area contributed by atoms with E-state index in [0.29, 0.717) is 73.1 Å². The largest absolute Gasteiger partial charge is 0.508 e. The number of rotatable bonds is 45. The van der Waals surface area contributed by atoms with Crippen molar-refractivity contribution < 1.29 is 152 Å². The number of quaternary nitrogens is 3. The molecule has 121 heavy (non-hydrogen) atoms. The van der Waals surface area contributed by atoms with Gasteiger partial charge in [-0.2, -0.15) is 0 Å². The van der Waals surface area contributed by atoms with Gasteiger partial charge in [-0.05, 0) is 72.4 Å². The molecule has 1 aromatic heterocycles. The van der Waals surface area contributed by atoms with Crippen molar-refractivity contribution >= 4 is 100 Å². The van der Waals surface area contributed by atoms with Gasteiger partial charge >= 0.3 is 17.9 Å². The number of carboxylic acid groups (broad SMARTS) is 1. The number of hydrogen-bond acceptors (Lipinski definition) is 22. The second kappa shape index (κ2) is 50.3. The SMILES string of the molecule is COC(=O)C[N+]1(C)CCN(COC=O)CC[N+](C)(CC(=O)OC)CC[N+](C)(CC(=O)N[C@@H](CC(=O)O)C(=O)N[C@@H](CC2CCCCC2)C(=O)NC(Cc2ccccc2)C(=O)NC(CO)C(=O)NC(CCCN=C(N)N)C(=O)N[C@@H](Cc2ccc(O)cc2)C(=O)N[C@@H](CC(C)C)C(=O)N[C@@H](Cc2c[nH]c3ccccc23)C(=O)N[C@@H](CO)C(N)=O)CC1.[177Lu]. The first-order chi connectivity index (χ1) is 57.0. The number of aliphatic carboxylic acids is 1. The predicted octanol–water partition coefficient (Wildman–Crippen LogP) is -3.59. The number of H-pyrrole nitrogens is 1. The minimum absolute atomic E-state index is 0. The minimum atomic E-state index is -1.88. The second-order valence-electron chi connectivity index (χ2n) is 32.3. The number of aromatic amines is 1. The van der Waals surface area contributed by atoms with Gasteiger partial charge in [0, 0.05) is 79.8 Å². The Morgan fingerprint density at radius 3 is 1.53 bits per heavy atom. The summed E-state index contributed by atoms with van der Waals surface area (Å²) in [6.07, 6.45) is 3.41. The van der Waals surface area contributed by atoms with E-state index >= 15 is 4.79 Å². The van der Waals surface area contributed by atoms with Crippen molar-refractivity contribution in [3.63, 3.8) is 0 Å². The molecule has 2 heterocycles. The number of likely N-dealkylation sites (N-methyl/N-ethyl adjacent to an activating group) is 3. The molecule has 5 unspecified atom stereocenters. The summed E-state index contributed by atoms with van der Waals surface area (Å²) in [5, 5.41) is 65.8. The number of benzene rings is 3. The van der Waals surface area contributed by atoms with Crippen molar-refractivity contribution in [3.05, 3.63) is 102 Å². The molecule has 2 fully saturated rings. The van der Waals surface area contributed by atoms with Crippen LogP contribution in [0.15, 0.2) is 90.1 Å². The number of phenols is 1. The van der Waals surface area contributed by atoms with Crippen LogP contribution in [0.3, 0.4) is 0 Å². The topological polar surface area (TPSA) is 565 Å². The van der Waals surface area contributed by atoms with Gasteiger partial charge in [0.1, 0.15) is 93.0 Å². The second-order valence-corrected chi connectivity index (χ2v) is 32.3. The smallest absolute Gasteiger partial charge is 0.361 e. The van der Waals surface area contributed by atoms with E-state index in [-0.39, 0.29) is 178 Å². The number of methoxy groups -OCH3 is 2. The number of hydrogen-bond donors (Lipinski definition) is 17. The van der Waals surface area contributed by atoms with Crippen LogP contribution in [0, 0.1) is 48.7 Å². The van der Waals surface area contributed by atoms with Gasteiger partial charge < -0.3 is 118 Å². The number of esters is 2. The molecule has 675 valence electrons. The summed E-state index contributed by atoms with van der Waals surface area (Å²) in [6.45, 7) is 3.62. The first-order valence-corrected chi connectivity index (χ1v) is 40.3. The molecule has 4 aromatic rings. The van der Waals surface area contributed by atoms with Crippen molar-refractivity contribution in [3.8, 4) is 5.75 Å². The number of primary amides is 1. The van der Waals surface area contributed by atoms with E-state index in [1.807, 2.05) is 19.0 Å². The van der Waals surface area contributed by atoms with E-state index < -0.39 is 151 Å². The monoisotopic (exact) mass is 1860 g/mol. The maximum atomic E-state index is 15.1. The van der Waals surface area contributed by atoms with Crippen LogP contribution in [-0.4, -0.2) is 321 Å². The normalized spacial score (nSPS) is 19.4. The molecule has 0 spiro atoms. The van der Waals surface area contributed by atoms with E-state index in [0.717, 1.165) is 19.3 Å². The fourth-order valence-electron chi connectivity index (χ4n) is 14.5. The Bertz CT molecular complexity index is 4110. The number of nitrogens with one attached hydrogen (secondary N) is 10. The van der Waals surface area contributed by atoms with E-state index in [4.69, 9.17) is 31.4 Å². The van der Waals surface area contributed by atoms with E-state index in [1.165, 1.54) is 38.5 Å². The Balaban J connectivity index is 0.0000260. The molecule has 39 nitrogen and oxygen atoms in total. The maximum Gasteiger partial charge on any atom is 0.361 e. The molecule has 1 aliphatic carbocycles. The number of guanidine groups is 1. The van der Waals surface area contributed by atoms with Crippen LogP contribution in [0.25, 0.3) is 10.9 Å². The molecule has 11 atom stereocenters. The minimum Gasteiger partial charge on any atom is -0.508 e. The van der Waals surface area contributed by atoms with Gasteiger partial charge in [-0.3, -0.25) is 67.4 Å². The van der Waals surface area contributed by atoms with Gasteiger partial charge in [0.2, 0.25) is 53.2 Å². The summed E-state index contributed by atoms with van der Waals surface area (Å²) in [5.41, 5.74) is 18.9. The van der Waals surface area contributed by atoms with Crippen LogP contribution in [0.5, 0.6) is 5.75 Å². The molecule has 1 radical (unpaired) electrons. The number of para-hydroxylation sites is 1. The van der Waals surface area contributed by atoms with Gasteiger partial charge in [-0.25, -0.2) is 9.59 Å². The number of nitrogens with zero attached hydrogens (tertiary/aromatic N) is 5. The summed E-state index contributed by atoms with van der Waals surface area (Å²) in [7, 11) is 8.00. The molecule has 20 N–H and O–H groups in total. The third-order valence-corrected chi connectivity index (χ3v) is 21.8. The molecule has 1 saturated heterocycles. The molecule has 6 rings (SSSR count).